The summed E-state index contributed by atoms with van der Waals surface area (Å²) in [6.45, 7) is 1.94. The molecule has 2 unspecified atom stereocenters. The van der Waals surface area contributed by atoms with Crippen molar-refractivity contribution in [3.63, 3.8) is 0 Å². The molecule has 1 aromatic rings. The summed E-state index contributed by atoms with van der Waals surface area (Å²) in [6, 6.07) is 7.33. The standard InChI is InChI=1S/C13H13IO3/c1-2-10(14)13(16)17-12-7-11(15)8-5-3-4-6-9(8)12/h3-6,10,12H,2,7H2,1H3. The second-order valence-corrected chi connectivity index (χ2v) is 5.52. The van der Waals surface area contributed by atoms with Gasteiger partial charge in [-0.2, -0.15) is 0 Å². The van der Waals surface area contributed by atoms with Gasteiger partial charge in [0, 0.05) is 11.1 Å². The van der Waals surface area contributed by atoms with E-state index in [1.807, 2.05) is 25.1 Å². The first kappa shape index (κ1) is 12.5. The monoisotopic (exact) mass is 344 g/mol. The molecule has 1 aromatic carbocycles. The highest BCUT2D eigenvalue weighted by Gasteiger charge is 2.32. The molecule has 0 amide bonds. The minimum absolute atomic E-state index is 0.0555. The maximum atomic E-state index is 11.7. The highest BCUT2D eigenvalue weighted by Crippen LogP contribution is 2.34. The summed E-state index contributed by atoms with van der Waals surface area (Å²) in [7, 11) is 0. The predicted molar refractivity (Wildman–Crippen MR) is 72.3 cm³/mol. The van der Waals surface area contributed by atoms with Gasteiger partial charge in [0.05, 0.1) is 6.42 Å². The number of halogens is 1. The molecular formula is C13H13IO3. The lowest BCUT2D eigenvalue weighted by molar-refractivity contribution is -0.147. The number of rotatable bonds is 3. The van der Waals surface area contributed by atoms with E-state index in [9.17, 15) is 9.59 Å². The lowest BCUT2D eigenvalue weighted by atomic mass is 10.1. The molecule has 2 atom stereocenters. The Morgan fingerprint density at radius 1 is 1.53 bits per heavy atom. The number of Topliss-reactive ketones (excluding diaryl/α,β-unsaturated/α-hetero) is 1. The van der Waals surface area contributed by atoms with Crippen molar-refractivity contribution in [3.05, 3.63) is 35.4 Å². The molecule has 17 heavy (non-hydrogen) atoms. The van der Waals surface area contributed by atoms with Crippen LogP contribution in [0.3, 0.4) is 0 Å². The predicted octanol–water partition coefficient (Wildman–Crippen LogP) is 3.07. The maximum Gasteiger partial charge on any atom is 0.319 e. The number of benzene rings is 1. The Labute approximate surface area is 114 Å². The Morgan fingerprint density at radius 3 is 2.94 bits per heavy atom. The molecule has 4 heteroatoms. The van der Waals surface area contributed by atoms with Gasteiger partial charge in [0.2, 0.25) is 0 Å². The van der Waals surface area contributed by atoms with E-state index in [2.05, 4.69) is 22.6 Å². The van der Waals surface area contributed by atoms with Gasteiger partial charge in [-0.25, -0.2) is 0 Å². The molecule has 1 aliphatic carbocycles. The van der Waals surface area contributed by atoms with Gasteiger partial charge in [0.1, 0.15) is 10.0 Å². The molecule has 0 N–H and O–H groups in total. The Morgan fingerprint density at radius 2 is 2.24 bits per heavy atom. The van der Waals surface area contributed by atoms with E-state index >= 15 is 0 Å². The lowest BCUT2D eigenvalue weighted by Gasteiger charge is -2.14. The van der Waals surface area contributed by atoms with E-state index in [1.165, 1.54) is 0 Å². The molecular weight excluding hydrogens is 331 g/mol. The van der Waals surface area contributed by atoms with Crippen LogP contribution in [-0.2, 0) is 9.53 Å². The SMILES string of the molecule is CCC(I)C(=O)OC1CC(=O)c2ccccc21. The summed E-state index contributed by atoms with van der Waals surface area (Å²) in [5, 5.41) is 0. The number of carbonyl (C=O) groups excluding carboxylic acids is 2. The molecule has 2 rings (SSSR count). The summed E-state index contributed by atoms with van der Waals surface area (Å²) in [5.74, 6) is -0.178. The van der Waals surface area contributed by atoms with Gasteiger partial charge >= 0.3 is 5.97 Å². The van der Waals surface area contributed by atoms with Gasteiger partial charge in [0.25, 0.3) is 0 Å². The molecule has 3 nitrogen and oxygen atoms in total. The van der Waals surface area contributed by atoms with Crippen molar-refractivity contribution in [1.82, 2.24) is 0 Å². The van der Waals surface area contributed by atoms with Crippen LogP contribution in [0.15, 0.2) is 24.3 Å². The fourth-order valence-corrected chi connectivity index (χ4v) is 2.05. The van der Waals surface area contributed by atoms with Gasteiger partial charge in [-0.05, 0) is 6.42 Å². The van der Waals surface area contributed by atoms with Crippen LogP contribution >= 0.6 is 22.6 Å². The van der Waals surface area contributed by atoms with Gasteiger partial charge in [-0.15, -0.1) is 0 Å². The third-order valence-electron chi connectivity index (χ3n) is 2.85. The number of ether oxygens (including phenoxy) is 1. The van der Waals surface area contributed by atoms with E-state index in [-0.39, 0.29) is 22.1 Å². The molecule has 0 aromatic heterocycles. The number of alkyl halides is 1. The zero-order chi connectivity index (χ0) is 12.4. The zero-order valence-electron chi connectivity index (χ0n) is 9.48. The van der Waals surface area contributed by atoms with Crippen molar-refractivity contribution < 1.29 is 14.3 Å². The van der Waals surface area contributed by atoms with Gasteiger partial charge in [0.15, 0.2) is 5.78 Å². The molecule has 0 bridgehead atoms. The van der Waals surface area contributed by atoms with Crippen LogP contribution in [0.4, 0.5) is 0 Å². The van der Waals surface area contributed by atoms with Crippen LogP contribution in [0.2, 0.25) is 0 Å². The second kappa shape index (κ2) is 5.16. The summed E-state index contributed by atoms with van der Waals surface area (Å²) in [4.78, 5) is 23.4. The van der Waals surface area contributed by atoms with Crippen molar-refractivity contribution in [2.75, 3.05) is 0 Å². The number of ketones is 1. The van der Waals surface area contributed by atoms with Crippen LogP contribution < -0.4 is 0 Å². The molecule has 0 heterocycles. The van der Waals surface area contributed by atoms with E-state index in [0.29, 0.717) is 5.56 Å². The number of fused-ring (bicyclic) bond motifs is 1. The topological polar surface area (TPSA) is 43.4 Å². The Bertz CT molecular complexity index is 456. The van der Waals surface area contributed by atoms with Crippen LogP contribution in [0.1, 0.15) is 41.8 Å². The summed E-state index contributed by atoms with van der Waals surface area (Å²) in [6.07, 6.45) is 0.620. The first-order chi connectivity index (χ1) is 8.13. The molecule has 0 fully saturated rings. The van der Waals surface area contributed by atoms with Crippen LogP contribution in [0.25, 0.3) is 0 Å². The molecule has 0 saturated carbocycles. The Balaban J connectivity index is 2.15. The van der Waals surface area contributed by atoms with Gasteiger partial charge in [-0.1, -0.05) is 53.8 Å². The fourth-order valence-electron chi connectivity index (χ4n) is 1.91. The zero-order valence-corrected chi connectivity index (χ0v) is 11.6. The highest BCUT2D eigenvalue weighted by molar-refractivity contribution is 14.1. The van der Waals surface area contributed by atoms with E-state index in [4.69, 9.17) is 4.74 Å². The van der Waals surface area contributed by atoms with Crippen molar-refractivity contribution in [2.45, 2.75) is 29.8 Å². The van der Waals surface area contributed by atoms with Crippen molar-refractivity contribution in [1.29, 1.82) is 0 Å². The van der Waals surface area contributed by atoms with E-state index in [1.54, 1.807) is 6.07 Å². The normalized spacial score (nSPS) is 19.9. The molecule has 0 aliphatic heterocycles. The second-order valence-electron chi connectivity index (χ2n) is 4.02. The smallest absolute Gasteiger partial charge is 0.319 e. The molecule has 0 radical (unpaired) electrons. The first-order valence-corrected chi connectivity index (χ1v) is 6.84. The summed E-state index contributed by atoms with van der Waals surface area (Å²) < 4.78 is 5.25. The minimum Gasteiger partial charge on any atom is -0.456 e. The van der Waals surface area contributed by atoms with E-state index in [0.717, 1.165) is 12.0 Å². The van der Waals surface area contributed by atoms with Crippen molar-refractivity contribution in [3.8, 4) is 0 Å². The first-order valence-electron chi connectivity index (χ1n) is 5.60. The minimum atomic E-state index is -0.394. The Hall–Kier alpha value is -0.910. The lowest BCUT2D eigenvalue weighted by Crippen LogP contribution is -2.18. The van der Waals surface area contributed by atoms with Gasteiger partial charge < -0.3 is 4.74 Å². The maximum absolute atomic E-state index is 11.7. The Kier molecular flexibility index (Phi) is 3.81. The van der Waals surface area contributed by atoms with Crippen molar-refractivity contribution >= 4 is 34.3 Å². The molecule has 1 aliphatic rings. The third kappa shape index (κ3) is 2.51. The van der Waals surface area contributed by atoms with Crippen molar-refractivity contribution in [2.24, 2.45) is 0 Å². The molecule has 0 spiro atoms. The number of carbonyl (C=O) groups is 2. The fraction of sp³-hybridized carbons (Fsp3) is 0.385. The largest absolute Gasteiger partial charge is 0.456 e. The van der Waals surface area contributed by atoms with Gasteiger partial charge in [-0.3, -0.25) is 9.59 Å². The van der Waals surface area contributed by atoms with E-state index < -0.39 is 6.10 Å². The summed E-state index contributed by atoms with van der Waals surface area (Å²) >= 11 is 2.06. The average molecular weight is 344 g/mol. The number of esters is 1. The van der Waals surface area contributed by atoms with Crippen LogP contribution in [0.5, 0.6) is 0 Å². The summed E-state index contributed by atoms with van der Waals surface area (Å²) in [5.41, 5.74) is 1.53. The average Bonchev–Trinajstić information content (AvgIpc) is 2.66. The number of hydrogen-bond donors (Lipinski definition) is 0. The third-order valence-corrected chi connectivity index (χ3v) is 4.24. The highest BCUT2D eigenvalue weighted by atomic mass is 127. The molecule has 90 valence electrons. The number of hydrogen-bond acceptors (Lipinski definition) is 3. The quantitative estimate of drug-likeness (QED) is 0.481. The molecule has 0 saturated heterocycles. The van der Waals surface area contributed by atoms with Crippen LogP contribution in [0, 0.1) is 0 Å². The van der Waals surface area contributed by atoms with Crippen LogP contribution in [-0.4, -0.2) is 15.7 Å².